The first kappa shape index (κ1) is 15.2. The van der Waals surface area contributed by atoms with Gasteiger partial charge >= 0.3 is 0 Å². The highest BCUT2D eigenvalue weighted by molar-refractivity contribution is 7.87. The summed E-state index contributed by atoms with van der Waals surface area (Å²) in [7, 11) is -1.40. The number of nitrogens with one attached hydrogen (secondary N) is 3. The molecule has 2 heterocycles. The average molecular weight is 324 g/mol. The summed E-state index contributed by atoms with van der Waals surface area (Å²) >= 11 is 0. The van der Waals surface area contributed by atoms with E-state index in [0.29, 0.717) is 6.54 Å². The van der Waals surface area contributed by atoms with Crippen LogP contribution in [-0.2, 0) is 10.2 Å². The average Bonchev–Trinajstić information content (AvgIpc) is 2.89. The molecule has 2 aromatic rings. The third kappa shape index (κ3) is 2.92. The summed E-state index contributed by atoms with van der Waals surface area (Å²) in [6.45, 7) is 2.14. The molecule has 0 aliphatic heterocycles. The first-order chi connectivity index (χ1) is 10.5. The molecule has 0 unspecified atom stereocenters. The second-order valence-electron chi connectivity index (χ2n) is 5.49. The Balaban J connectivity index is 1.64. The number of H-pyrrole nitrogens is 1. The van der Waals surface area contributed by atoms with Gasteiger partial charge in [-0.05, 0) is 18.9 Å². The van der Waals surface area contributed by atoms with Crippen LogP contribution in [0.1, 0.15) is 19.8 Å². The standard InChI is InChI=1S/C13H20N6O2S/c1-3-17-22(20,21)18-9-6-10(7-9)19(2)13-11-4-5-14-12(11)15-8-16-13/h4-5,8-10,17-18H,3,6-7H2,1-2H3,(H,14,15,16). The van der Waals surface area contributed by atoms with Crippen molar-refractivity contribution in [1.82, 2.24) is 24.4 Å². The molecule has 22 heavy (non-hydrogen) atoms. The van der Waals surface area contributed by atoms with Gasteiger partial charge in [0.05, 0.1) is 5.39 Å². The van der Waals surface area contributed by atoms with E-state index >= 15 is 0 Å². The van der Waals surface area contributed by atoms with E-state index in [4.69, 9.17) is 0 Å². The fourth-order valence-electron chi connectivity index (χ4n) is 2.76. The van der Waals surface area contributed by atoms with E-state index in [1.807, 2.05) is 19.3 Å². The molecular formula is C13H20N6O2S. The molecule has 0 amide bonds. The maximum atomic E-state index is 11.7. The zero-order chi connectivity index (χ0) is 15.7. The van der Waals surface area contributed by atoms with Gasteiger partial charge in [-0.1, -0.05) is 6.92 Å². The molecule has 8 nitrogen and oxygen atoms in total. The van der Waals surface area contributed by atoms with E-state index in [9.17, 15) is 8.42 Å². The van der Waals surface area contributed by atoms with Crippen LogP contribution in [0.3, 0.4) is 0 Å². The molecule has 0 saturated heterocycles. The van der Waals surface area contributed by atoms with Crippen LogP contribution in [-0.4, -0.2) is 49.0 Å². The largest absolute Gasteiger partial charge is 0.356 e. The van der Waals surface area contributed by atoms with Gasteiger partial charge in [-0.25, -0.2) is 14.7 Å². The summed E-state index contributed by atoms with van der Waals surface area (Å²) in [5.41, 5.74) is 0.806. The Hall–Kier alpha value is -1.71. The highest BCUT2D eigenvalue weighted by Gasteiger charge is 2.35. The summed E-state index contributed by atoms with van der Waals surface area (Å²) in [5.74, 6) is 0.865. The molecule has 1 fully saturated rings. The Morgan fingerprint density at radius 3 is 2.91 bits per heavy atom. The molecule has 1 saturated carbocycles. The normalized spacial score (nSPS) is 21.7. The van der Waals surface area contributed by atoms with E-state index in [0.717, 1.165) is 29.7 Å². The van der Waals surface area contributed by atoms with Crippen molar-refractivity contribution in [2.45, 2.75) is 31.8 Å². The highest BCUT2D eigenvalue weighted by atomic mass is 32.2. The zero-order valence-electron chi connectivity index (χ0n) is 12.6. The number of anilines is 1. The number of aromatic nitrogens is 3. The molecule has 0 spiro atoms. The van der Waals surface area contributed by atoms with Crippen molar-refractivity contribution in [2.75, 3.05) is 18.5 Å². The molecule has 0 aromatic carbocycles. The van der Waals surface area contributed by atoms with Gasteiger partial charge < -0.3 is 9.88 Å². The van der Waals surface area contributed by atoms with Gasteiger partial charge in [0.15, 0.2) is 0 Å². The number of hydrogen-bond acceptors (Lipinski definition) is 5. The number of aromatic amines is 1. The van der Waals surface area contributed by atoms with Crippen molar-refractivity contribution in [3.8, 4) is 0 Å². The van der Waals surface area contributed by atoms with E-state index in [-0.39, 0.29) is 12.1 Å². The predicted molar refractivity (Wildman–Crippen MR) is 84.8 cm³/mol. The lowest BCUT2D eigenvalue weighted by Gasteiger charge is -2.41. The molecule has 0 atom stereocenters. The van der Waals surface area contributed by atoms with Crippen molar-refractivity contribution in [3.05, 3.63) is 18.6 Å². The lowest BCUT2D eigenvalue weighted by molar-refractivity contribution is 0.315. The van der Waals surface area contributed by atoms with Crippen LogP contribution >= 0.6 is 0 Å². The number of fused-ring (bicyclic) bond motifs is 1. The molecule has 120 valence electrons. The summed E-state index contributed by atoms with van der Waals surface area (Å²) < 4.78 is 28.4. The third-order valence-corrected chi connectivity index (χ3v) is 5.30. The van der Waals surface area contributed by atoms with Crippen LogP contribution in [0.2, 0.25) is 0 Å². The highest BCUT2D eigenvalue weighted by Crippen LogP contribution is 2.31. The van der Waals surface area contributed by atoms with Gasteiger partial charge in [0, 0.05) is 31.9 Å². The van der Waals surface area contributed by atoms with Gasteiger partial charge in [-0.15, -0.1) is 0 Å². The molecule has 3 N–H and O–H groups in total. The lowest BCUT2D eigenvalue weighted by atomic mass is 9.86. The number of hydrogen-bond donors (Lipinski definition) is 3. The van der Waals surface area contributed by atoms with Crippen LogP contribution < -0.4 is 14.3 Å². The van der Waals surface area contributed by atoms with E-state index in [1.165, 1.54) is 6.33 Å². The van der Waals surface area contributed by atoms with Crippen LogP contribution in [0.5, 0.6) is 0 Å². The second kappa shape index (κ2) is 5.82. The second-order valence-corrected chi connectivity index (χ2v) is 7.02. The summed E-state index contributed by atoms with van der Waals surface area (Å²) in [4.78, 5) is 13.7. The van der Waals surface area contributed by atoms with Crippen LogP contribution in [0.25, 0.3) is 11.0 Å². The van der Waals surface area contributed by atoms with Crippen LogP contribution in [0, 0.1) is 0 Å². The fraction of sp³-hybridized carbons (Fsp3) is 0.538. The predicted octanol–water partition coefficient (Wildman–Crippen LogP) is 0.369. The first-order valence-electron chi connectivity index (χ1n) is 7.28. The fourth-order valence-corrected chi connectivity index (χ4v) is 3.86. The molecular weight excluding hydrogens is 304 g/mol. The molecule has 0 bridgehead atoms. The van der Waals surface area contributed by atoms with Crippen LogP contribution in [0.15, 0.2) is 18.6 Å². The topological polar surface area (TPSA) is 103 Å². The van der Waals surface area contributed by atoms with Gasteiger partial charge in [0.2, 0.25) is 0 Å². The smallest absolute Gasteiger partial charge is 0.277 e. The zero-order valence-corrected chi connectivity index (χ0v) is 13.4. The Bertz CT molecular complexity index is 753. The molecule has 2 aromatic heterocycles. The van der Waals surface area contributed by atoms with Gasteiger partial charge in [0.25, 0.3) is 10.2 Å². The Kier molecular flexibility index (Phi) is 4.02. The minimum atomic E-state index is -3.38. The Labute approximate surface area is 129 Å². The lowest BCUT2D eigenvalue weighted by Crippen LogP contribution is -2.55. The van der Waals surface area contributed by atoms with Gasteiger partial charge in [0.1, 0.15) is 17.8 Å². The van der Waals surface area contributed by atoms with Gasteiger partial charge in [-0.2, -0.15) is 13.1 Å². The van der Waals surface area contributed by atoms with Gasteiger partial charge in [-0.3, -0.25) is 0 Å². The number of rotatable bonds is 6. The van der Waals surface area contributed by atoms with Crippen molar-refractivity contribution in [3.63, 3.8) is 0 Å². The number of nitrogens with zero attached hydrogens (tertiary/aromatic N) is 3. The monoisotopic (exact) mass is 324 g/mol. The third-order valence-electron chi connectivity index (χ3n) is 3.98. The van der Waals surface area contributed by atoms with Crippen molar-refractivity contribution in [1.29, 1.82) is 0 Å². The minimum Gasteiger partial charge on any atom is -0.356 e. The first-order valence-corrected chi connectivity index (χ1v) is 8.76. The minimum absolute atomic E-state index is 0.0277. The van der Waals surface area contributed by atoms with E-state index < -0.39 is 10.2 Å². The SMILES string of the molecule is CCNS(=O)(=O)NC1CC(N(C)c2ncnc3[nH]ccc23)C1. The Morgan fingerprint density at radius 1 is 1.41 bits per heavy atom. The van der Waals surface area contributed by atoms with Crippen molar-refractivity contribution < 1.29 is 8.42 Å². The molecule has 0 radical (unpaired) electrons. The maximum absolute atomic E-state index is 11.7. The van der Waals surface area contributed by atoms with Crippen molar-refractivity contribution >= 4 is 27.1 Å². The molecule has 1 aliphatic rings. The van der Waals surface area contributed by atoms with E-state index in [2.05, 4.69) is 29.3 Å². The van der Waals surface area contributed by atoms with Crippen LogP contribution in [0.4, 0.5) is 5.82 Å². The summed E-state index contributed by atoms with van der Waals surface area (Å²) in [6, 6.07) is 2.19. The molecule has 1 aliphatic carbocycles. The van der Waals surface area contributed by atoms with Crippen molar-refractivity contribution in [2.24, 2.45) is 0 Å². The summed E-state index contributed by atoms with van der Waals surface area (Å²) in [6.07, 6.45) is 4.90. The summed E-state index contributed by atoms with van der Waals surface area (Å²) in [5, 5.41) is 0.974. The molecule has 9 heteroatoms. The molecule has 3 rings (SSSR count). The Morgan fingerprint density at radius 2 is 2.18 bits per heavy atom. The van der Waals surface area contributed by atoms with E-state index in [1.54, 1.807) is 6.92 Å². The quantitative estimate of drug-likeness (QED) is 0.712. The maximum Gasteiger partial charge on any atom is 0.277 e.